The summed E-state index contributed by atoms with van der Waals surface area (Å²) in [5.41, 5.74) is 0. The molecule has 0 aliphatic heterocycles. The summed E-state index contributed by atoms with van der Waals surface area (Å²) in [4.78, 5) is 1.84. The predicted molar refractivity (Wildman–Crippen MR) is 91.2 cm³/mol. The van der Waals surface area contributed by atoms with Crippen LogP contribution in [0.15, 0.2) is 22.0 Å². The maximum absolute atomic E-state index is 12.9. The second-order valence-corrected chi connectivity index (χ2v) is 9.34. The number of hydrogen-bond donors (Lipinski definition) is 0. The van der Waals surface area contributed by atoms with E-state index in [1.165, 1.54) is 22.7 Å². The molecular formula is C12H13BBrO3PS2. The minimum atomic E-state index is -3.30. The fourth-order valence-corrected chi connectivity index (χ4v) is 6.62. The van der Waals surface area contributed by atoms with Crippen LogP contribution in [0, 0.1) is 0 Å². The van der Waals surface area contributed by atoms with Crippen molar-refractivity contribution in [2.24, 2.45) is 0 Å². The van der Waals surface area contributed by atoms with Crippen LogP contribution in [0.5, 0.6) is 0 Å². The number of halogens is 1. The molecule has 0 atom stereocenters. The van der Waals surface area contributed by atoms with Crippen LogP contribution in [-0.4, -0.2) is 21.1 Å². The van der Waals surface area contributed by atoms with Gasteiger partial charge in [0.05, 0.1) is 27.2 Å². The van der Waals surface area contributed by atoms with Crippen molar-refractivity contribution in [2.45, 2.75) is 13.8 Å². The van der Waals surface area contributed by atoms with Gasteiger partial charge in [-0.3, -0.25) is 4.57 Å². The van der Waals surface area contributed by atoms with Crippen LogP contribution in [0.4, 0.5) is 0 Å². The van der Waals surface area contributed by atoms with Crippen molar-refractivity contribution in [3.8, 4) is 9.75 Å². The van der Waals surface area contributed by atoms with Gasteiger partial charge in [0.1, 0.15) is 7.85 Å². The Morgan fingerprint density at radius 3 is 2.40 bits per heavy atom. The quantitative estimate of drug-likeness (QED) is 0.553. The number of thiophene rings is 2. The molecule has 3 nitrogen and oxygen atoms in total. The maximum Gasteiger partial charge on any atom is 0.362 e. The van der Waals surface area contributed by atoms with Crippen LogP contribution < -0.4 is 10.1 Å². The van der Waals surface area contributed by atoms with Crippen LogP contribution in [0.25, 0.3) is 9.75 Å². The first-order valence-electron chi connectivity index (χ1n) is 6.05. The topological polar surface area (TPSA) is 35.5 Å². The molecule has 0 aromatic carbocycles. The van der Waals surface area contributed by atoms with Crippen molar-refractivity contribution in [3.05, 3.63) is 22.0 Å². The average molecular weight is 391 g/mol. The van der Waals surface area contributed by atoms with Crippen LogP contribution in [0.2, 0.25) is 0 Å². The third-order valence-electron chi connectivity index (χ3n) is 2.43. The fraction of sp³-hybridized carbons (Fsp3) is 0.333. The lowest BCUT2D eigenvalue weighted by Gasteiger charge is -2.17. The standard InChI is InChI=1S/C12H13BBrO3PS2/c1-3-16-18(15,17-4-2)8-7-11(14)20-12(8)9-5-6-10(13)19-9/h5-7H,3-4H2,1-2H3. The van der Waals surface area contributed by atoms with E-state index in [1.54, 1.807) is 13.8 Å². The zero-order chi connectivity index (χ0) is 14.8. The Morgan fingerprint density at radius 2 is 1.90 bits per heavy atom. The lowest BCUT2D eigenvalue weighted by Crippen LogP contribution is -2.10. The lowest BCUT2D eigenvalue weighted by atomic mass is 10.1. The monoisotopic (exact) mass is 390 g/mol. The summed E-state index contributed by atoms with van der Waals surface area (Å²) in [7, 11) is 2.48. The van der Waals surface area contributed by atoms with Gasteiger partial charge in [0.15, 0.2) is 0 Å². The summed E-state index contributed by atoms with van der Waals surface area (Å²) in [6.07, 6.45) is 0. The van der Waals surface area contributed by atoms with E-state index in [1.807, 2.05) is 18.2 Å². The first-order valence-corrected chi connectivity index (χ1v) is 10.0. The maximum atomic E-state index is 12.9. The summed E-state index contributed by atoms with van der Waals surface area (Å²) in [5, 5.41) is 0.597. The average Bonchev–Trinajstić information content (AvgIpc) is 2.96. The van der Waals surface area contributed by atoms with E-state index in [2.05, 4.69) is 15.9 Å². The van der Waals surface area contributed by atoms with E-state index in [0.29, 0.717) is 18.5 Å². The third kappa shape index (κ3) is 3.46. The van der Waals surface area contributed by atoms with Gasteiger partial charge in [-0.25, -0.2) is 0 Å². The Morgan fingerprint density at radius 1 is 1.25 bits per heavy atom. The van der Waals surface area contributed by atoms with Gasteiger partial charge in [0, 0.05) is 4.88 Å². The Bertz CT molecular complexity index is 630. The van der Waals surface area contributed by atoms with Crippen molar-refractivity contribution in [1.82, 2.24) is 0 Å². The van der Waals surface area contributed by atoms with Crippen molar-refractivity contribution in [3.63, 3.8) is 0 Å². The smallest absolute Gasteiger partial charge is 0.305 e. The van der Waals surface area contributed by atoms with Crippen molar-refractivity contribution >= 4 is 64.1 Å². The molecule has 0 amide bonds. The molecule has 106 valence electrons. The van der Waals surface area contributed by atoms with Crippen molar-refractivity contribution < 1.29 is 13.6 Å². The Kier molecular flexibility index (Phi) is 5.68. The molecule has 20 heavy (non-hydrogen) atoms. The van der Waals surface area contributed by atoms with Gasteiger partial charge < -0.3 is 9.05 Å². The zero-order valence-corrected chi connectivity index (χ0v) is 15.2. The second kappa shape index (κ2) is 6.90. The van der Waals surface area contributed by atoms with E-state index in [0.717, 1.165) is 18.3 Å². The van der Waals surface area contributed by atoms with E-state index in [9.17, 15) is 4.57 Å². The molecule has 0 saturated heterocycles. The summed E-state index contributed by atoms with van der Waals surface area (Å²) >= 11 is 6.40. The summed E-state index contributed by atoms with van der Waals surface area (Å²) < 4.78 is 25.4. The normalized spacial score (nSPS) is 11.9. The predicted octanol–water partition coefficient (Wildman–Crippen LogP) is 3.92. The van der Waals surface area contributed by atoms with E-state index >= 15 is 0 Å². The second-order valence-electron chi connectivity index (χ2n) is 3.80. The first kappa shape index (κ1) is 16.5. The molecule has 8 heteroatoms. The molecule has 0 saturated carbocycles. The van der Waals surface area contributed by atoms with Crippen molar-refractivity contribution in [1.29, 1.82) is 0 Å². The molecule has 0 spiro atoms. The summed E-state index contributed by atoms with van der Waals surface area (Å²) in [5.74, 6) is 0. The Labute approximate surface area is 136 Å². The van der Waals surface area contributed by atoms with E-state index < -0.39 is 7.60 Å². The molecule has 0 fully saturated rings. The van der Waals surface area contributed by atoms with Gasteiger partial charge in [-0.2, -0.15) is 11.3 Å². The minimum absolute atomic E-state index is 0.330. The molecule has 2 aromatic heterocycles. The van der Waals surface area contributed by atoms with Crippen LogP contribution in [0.1, 0.15) is 13.8 Å². The van der Waals surface area contributed by atoms with Gasteiger partial charge in [-0.05, 0) is 46.7 Å². The van der Waals surface area contributed by atoms with Gasteiger partial charge >= 0.3 is 7.60 Å². The molecule has 0 aliphatic carbocycles. The highest BCUT2D eigenvalue weighted by Crippen LogP contribution is 2.52. The van der Waals surface area contributed by atoms with Gasteiger partial charge in [0.2, 0.25) is 0 Å². The molecule has 0 aliphatic rings. The fourth-order valence-electron chi connectivity index (χ4n) is 1.72. The highest BCUT2D eigenvalue weighted by atomic mass is 79.9. The van der Waals surface area contributed by atoms with Gasteiger partial charge in [0.25, 0.3) is 0 Å². The van der Waals surface area contributed by atoms with Gasteiger partial charge in [-0.1, -0.05) is 6.07 Å². The first-order chi connectivity index (χ1) is 9.50. The highest BCUT2D eigenvalue weighted by Gasteiger charge is 2.32. The minimum Gasteiger partial charge on any atom is -0.305 e. The molecule has 0 bridgehead atoms. The largest absolute Gasteiger partial charge is 0.362 e. The van der Waals surface area contributed by atoms with E-state index in [4.69, 9.17) is 16.9 Å². The number of hydrogen-bond acceptors (Lipinski definition) is 5. The molecule has 2 radical (unpaired) electrons. The Hall–Kier alpha value is 0.0949. The van der Waals surface area contributed by atoms with Crippen LogP contribution in [-0.2, 0) is 13.6 Å². The highest BCUT2D eigenvalue weighted by molar-refractivity contribution is 9.11. The summed E-state index contributed by atoms with van der Waals surface area (Å²) in [6, 6.07) is 5.57. The van der Waals surface area contributed by atoms with Crippen LogP contribution in [0.3, 0.4) is 0 Å². The molecule has 2 heterocycles. The lowest BCUT2D eigenvalue weighted by molar-refractivity contribution is 0.230. The molecular weight excluding hydrogens is 378 g/mol. The molecule has 2 aromatic rings. The Balaban J connectivity index is 2.53. The number of rotatable bonds is 6. The molecule has 2 rings (SSSR count). The van der Waals surface area contributed by atoms with Gasteiger partial charge in [-0.15, -0.1) is 11.3 Å². The molecule has 0 N–H and O–H groups in total. The van der Waals surface area contributed by atoms with Crippen LogP contribution >= 0.6 is 46.2 Å². The third-order valence-corrected chi connectivity index (χ3v) is 7.45. The molecule has 0 unspecified atom stereocenters. The summed E-state index contributed by atoms with van der Waals surface area (Å²) in [6.45, 7) is 4.26. The zero-order valence-electron chi connectivity index (χ0n) is 11.1. The van der Waals surface area contributed by atoms with Crippen molar-refractivity contribution in [2.75, 3.05) is 13.2 Å². The van der Waals surface area contributed by atoms with E-state index in [-0.39, 0.29) is 0 Å². The SMILES string of the molecule is [B]c1ccc(-c2sc(Br)cc2P(=O)(OCC)OCC)s1.